The Bertz CT molecular complexity index is 271. The predicted molar refractivity (Wildman–Crippen MR) is 85.9 cm³/mol. The van der Waals surface area contributed by atoms with Gasteiger partial charge in [-0.25, -0.2) is 0 Å². The maximum Gasteiger partial charge on any atom is 0.0877 e. The molecule has 0 aliphatic carbocycles. The molecule has 0 spiro atoms. The van der Waals surface area contributed by atoms with Crippen molar-refractivity contribution in [2.24, 2.45) is 0 Å². The van der Waals surface area contributed by atoms with Crippen LogP contribution in [0, 0.1) is 0 Å². The van der Waals surface area contributed by atoms with Crippen LogP contribution in [0.1, 0.15) is 71.1 Å². The standard InChI is InChI=1S/C18H32O2/c1-2-3-4-5-6-7-8-9-10-11-12-13-14-17-18(20-17)15-16-19/h9-10,12-13,17-19H,2-8,11,14-16H2,1H3/t17-,18-/m1/s1. The molecule has 0 saturated carbocycles. The minimum Gasteiger partial charge on any atom is -0.396 e. The number of hydrogen-bond acceptors (Lipinski definition) is 2. The molecule has 2 atom stereocenters. The second-order valence-corrected chi connectivity index (χ2v) is 5.70. The lowest BCUT2D eigenvalue weighted by atomic mass is 10.1. The molecular formula is C18H32O2. The second-order valence-electron chi connectivity index (χ2n) is 5.70. The Kier molecular flexibility index (Phi) is 10.6. The summed E-state index contributed by atoms with van der Waals surface area (Å²) in [4.78, 5) is 0. The third kappa shape index (κ3) is 9.33. The minimum atomic E-state index is 0.242. The molecule has 2 heteroatoms. The van der Waals surface area contributed by atoms with Crippen LogP contribution in [0.4, 0.5) is 0 Å². The highest BCUT2D eigenvalue weighted by Crippen LogP contribution is 2.28. The SMILES string of the molecule is CCCCCCCCC=CCC=CC[C@H]1O[C@@H]1CCO. The first-order valence-corrected chi connectivity index (χ1v) is 8.44. The maximum absolute atomic E-state index is 8.76. The molecule has 0 radical (unpaired) electrons. The Hall–Kier alpha value is -0.600. The fourth-order valence-corrected chi connectivity index (χ4v) is 2.43. The molecule has 1 heterocycles. The van der Waals surface area contributed by atoms with E-state index in [1.165, 1.54) is 44.9 Å². The van der Waals surface area contributed by atoms with Crippen LogP contribution in [0.2, 0.25) is 0 Å². The van der Waals surface area contributed by atoms with Crippen molar-refractivity contribution < 1.29 is 9.84 Å². The summed E-state index contributed by atoms with van der Waals surface area (Å²) in [5, 5.41) is 8.76. The number of ether oxygens (including phenoxy) is 1. The van der Waals surface area contributed by atoms with E-state index in [0.717, 1.165) is 19.3 Å². The number of allylic oxidation sites excluding steroid dienone is 3. The monoisotopic (exact) mass is 280 g/mol. The zero-order valence-corrected chi connectivity index (χ0v) is 13.1. The van der Waals surface area contributed by atoms with E-state index in [0.29, 0.717) is 12.2 Å². The first-order chi connectivity index (χ1) is 9.88. The molecule has 1 fully saturated rings. The van der Waals surface area contributed by atoms with Crippen molar-refractivity contribution in [2.45, 2.75) is 83.3 Å². The Labute approximate surface area is 124 Å². The van der Waals surface area contributed by atoms with Gasteiger partial charge in [0, 0.05) is 6.61 Å². The molecule has 116 valence electrons. The maximum atomic E-state index is 8.76. The van der Waals surface area contributed by atoms with Gasteiger partial charge in [0.1, 0.15) is 0 Å². The van der Waals surface area contributed by atoms with Gasteiger partial charge in [0.2, 0.25) is 0 Å². The molecule has 0 aromatic carbocycles. The average molecular weight is 280 g/mol. The highest BCUT2D eigenvalue weighted by atomic mass is 16.6. The van der Waals surface area contributed by atoms with Crippen molar-refractivity contribution in [1.82, 2.24) is 0 Å². The van der Waals surface area contributed by atoms with Gasteiger partial charge in [-0.3, -0.25) is 0 Å². The molecule has 0 aromatic heterocycles. The number of aliphatic hydroxyl groups excluding tert-OH is 1. The molecule has 20 heavy (non-hydrogen) atoms. The number of epoxide rings is 1. The molecule has 1 N–H and O–H groups in total. The Morgan fingerprint density at radius 2 is 1.65 bits per heavy atom. The van der Waals surface area contributed by atoms with Gasteiger partial charge in [-0.05, 0) is 32.1 Å². The van der Waals surface area contributed by atoms with Gasteiger partial charge in [-0.2, -0.15) is 0 Å². The van der Waals surface area contributed by atoms with Crippen LogP contribution < -0.4 is 0 Å². The molecule has 1 saturated heterocycles. The van der Waals surface area contributed by atoms with E-state index >= 15 is 0 Å². The fraction of sp³-hybridized carbons (Fsp3) is 0.778. The van der Waals surface area contributed by atoms with Crippen LogP contribution in [0.15, 0.2) is 24.3 Å². The average Bonchev–Trinajstić information content (AvgIpc) is 3.19. The summed E-state index contributed by atoms with van der Waals surface area (Å²) in [5.41, 5.74) is 0. The highest BCUT2D eigenvalue weighted by Gasteiger charge is 2.36. The number of hydrogen-bond donors (Lipinski definition) is 1. The lowest BCUT2D eigenvalue weighted by Gasteiger charge is -1.97. The lowest BCUT2D eigenvalue weighted by molar-refractivity contribution is 0.262. The summed E-state index contributed by atoms with van der Waals surface area (Å²) < 4.78 is 5.43. The summed E-state index contributed by atoms with van der Waals surface area (Å²) in [6.45, 7) is 2.50. The van der Waals surface area contributed by atoms with Crippen LogP contribution in [0.5, 0.6) is 0 Å². The van der Waals surface area contributed by atoms with Crippen molar-refractivity contribution in [1.29, 1.82) is 0 Å². The van der Waals surface area contributed by atoms with Crippen LogP contribution in [-0.2, 0) is 4.74 Å². The van der Waals surface area contributed by atoms with Crippen molar-refractivity contribution in [3.05, 3.63) is 24.3 Å². The Morgan fingerprint density at radius 3 is 2.45 bits per heavy atom. The Balaban J connectivity index is 1.82. The summed E-state index contributed by atoms with van der Waals surface area (Å²) in [6, 6.07) is 0. The second kappa shape index (κ2) is 12.2. The van der Waals surface area contributed by atoms with Crippen molar-refractivity contribution in [3.8, 4) is 0 Å². The van der Waals surface area contributed by atoms with E-state index in [9.17, 15) is 0 Å². The fourth-order valence-electron chi connectivity index (χ4n) is 2.43. The van der Waals surface area contributed by atoms with E-state index in [2.05, 4.69) is 31.2 Å². The molecule has 1 rings (SSSR count). The van der Waals surface area contributed by atoms with Gasteiger partial charge < -0.3 is 9.84 Å². The number of unbranched alkanes of at least 4 members (excludes halogenated alkanes) is 6. The van der Waals surface area contributed by atoms with Gasteiger partial charge in [-0.1, -0.05) is 63.3 Å². The molecule has 0 unspecified atom stereocenters. The lowest BCUT2D eigenvalue weighted by Crippen LogP contribution is -1.95. The zero-order valence-electron chi connectivity index (χ0n) is 13.1. The van der Waals surface area contributed by atoms with Crippen LogP contribution in [0.3, 0.4) is 0 Å². The largest absolute Gasteiger partial charge is 0.396 e. The van der Waals surface area contributed by atoms with Gasteiger partial charge in [0.05, 0.1) is 12.2 Å². The van der Waals surface area contributed by atoms with Crippen LogP contribution in [0.25, 0.3) is 0 Å². The molecule has 1 aliphatic rings. The molecule has 2 nitrogen and oxygen atoms in total. The summed E-state index contributed by atoms with van der Waals surface area (Å²) in [5.74, 6) is 0. The predicted octanol–water partition coefficient (Wildman–Crippen LogP) is 4.78. The van der Waals surface area contributed by atoms with Crippen molar-refractivity contribution in [3.63, 3.8) is 0 Å². The smallest absolute Gasteiger partial charge is 0.0877 e. The summed E-state index contributed by atoms with van der Waals surface area (Å²) in [7, 11) is 0. The van der Waals surface area contributed by atoms with Gasteiger partial charge in [0.25, 0.3) is 0 Å². The first kappa shape index (κ1) is 17.5. The van der Waals surface area contributed by atoms with Crippen molar-refractivity contribution >= 4 is 0 Å². The van der Waals surface area contributed by atoms with Gasteiger partial charge in [-0.15, -0.1) is 0 Å². The normalized spacial score (nSPS) is 22.1. The quantitative estimate of drug-likeness (QED) is 0.299. The molecule has 1 aliphatic heterocycles. The zero-order chi connectivity index (χ0) is 14.5. The Morgan fingerprint density at radius 1 is 0.900 bits per heavy atom. The third-order valence-electron chi connectivity index (χ3n) is 3.80. The van der Waals surface area contributed by atoms with E-state index in [1.54, 1.807) is 0 Å². The molecule has 0 aromatic rings. The third-order valence-corrected chi connectivity index (χ3v) is 3.80. The topological polar surface area (TPSA) is 32.8 Å². The first-order valence-electron chi connectivity index (χ1n) is 8.44. The van der Waals surface area contributed by atoms with Crippen molar-refractivity contribution in [2.75, 3.05) is 6.61 Å². The van der Waals surface area contributed by atoms with Crippen LogP contribution >= 0.6 is 0 Å². The summed E-state index contributed by atoms with van der Waals surface area (Å²) >= 11 is 0. The van der Waals surface area contributed by atoms with Crippen LogP contribution in [-0.4, -0.2) is 23.9 Å². The number of aliphatic hydroxyl groups is 1. The van der Waals surface area contributed by atoms with E-state index in [1.807, 2.05) is 0 Å². The molecule has 0 amide bonds. The number of rotatable bonds is 13. The van der Waals surface area contributed by atoms with Gasteiger partial charge in [0.15, 0.2) is 0 Å². The molecule has 0 bridgehead atoms. The van der Waals surface area contributed by atoms with E-state index in [4.69, 9.17) is 9.84 Å². The minimum absolute atomic E-state index is 0.242. The van der Waals surface area contributed by atoms with E-state index in [-0.39, 0.29) is 6.61 Å². The molecular weight excluding hydrogens is 248 g/mol. The van der Waals surface area contributed by atoms with E-state index < -0.39 is 0 Å². The van der Waals surface area contributed by atoms with Gasteiger partial charge >= 0.3 is 0 Å². The summed E-state index contributed by atoms with van der Waals surface area (Å²) in [6.07, 6.45) is 22.0. The highest BCUT2D eigenvalue weighted by molar-refractivity contribution is 4.97.